The van der Waals surface area contributed by atoms with E-state index in [0.717, 1.165) is 11.4 Å². The van der Waals surface area contributed by atoms with Gasteiger partial charge < -0.3 is 10.6 Å². The monoisotopic (exact) mass is 302 g/mol. The Hall–Kier alpha value is -2.31. The second kappa shape index (κ2) is 5.82. The van der Waals surface area contributed by atoms with Crippen LogP contribution >= 0.6 is 0 Å². The second-order valence-electron chi connectivity index (χ2n) is 6.13. The topological polar surface area (TPSA) is 76.8 Å². The minimum atomic E-state index is -0.275. The van der Waals surface area contributed by atoms with E-state index in [0.29, 0.717) is 11.7 Å². The molecule has 0 bridgehead atoms. The van der Waals surface area contributed by atoms with Crippen LogP contribution in [-0.2, 0) is 7.05 Å². The molecule has 0 atom stereocenters. The van der Waals surface area contributed by atoms with E-state index in [-0.39, 0.29) is 11.9 Å². The Balaban J connectivity index is 1.63. The van der Waals surface area contributed by atoms with Crippen molar-refractivity contribution < 1.29 is 4.79 Å². The van der Waals surface area contributed by atoms with Gasteiger partial charge in [0, 0.05) is 19.4 Å². The lowest BCUT2D eigenvalue weighted by Crippen LogP contribution is -2.20. The standard InChI is InChI=1S/C15H22N6O/c1-10(2)14-13(9-20(3)19-14)18-15(22)17-11-7-16-21(8-11)12-5-4-6-12/h7-10,12H,4-6H2,1-3H3,(H2,17,18,22). The van der Waals surface area contributed by atoms with E-state index in [1.165, 1.54) is 19.3 Å². The lowest BCUT2D eigenvalue weighted by Gasteiger charge is -2.25. The maximum absolute atomic E-state index is 12.1. The van der Waals surface area contributed by atoms with Crippen molar-refractivity contribution in [3.63, 3.8) is 0 Å². The van der Waals surface area contributed by atoms with Gasteiger partial charge in [-0.05, 0) is 25.2 Å². The largest absolute Gasteiger partial charge is 0.323 e. The predicted octanol–water partition coefficient (Wildman–Crippen LogP) is 3.11. The molecule has 1 saturated carbocycles. The van der Waals surface area contributed by atoms with E-state index in [1.54, 1.807) is 10.9 Å². The van der Waals surface area contributed by atoms with Gasteiger partial charge in [-0.15, -0.1) is 0 Å². The molecule has 118 valence electrons. The van der Waals surface area contributed by atoms with E-state index >= 15 is 0 Å². The van der Waals surface area contributed by atoms with Crippen LogP contribution in [0.25, 0.3) is 0 Å². The van der Waals surface area contributed by atoms with Crippen molar-refractivity contribution in [1.29, 1.82) is 0 Å². The number of hydrogen-bond acceptors (Lipinski definition) is 3. The van der Waals surface area contributed by atoms with E-state index in [1.807, 2.05) is 38.0 Å². The van der Waals surface area contributed by atoms with Crippen LogP contribution in [0, 0.1) is 0 Å². The summed E-state index contributed by atoms with van der Waals surface area (Å²) >= 11 is 0. The molecule has 0 unspecified atom stereocenters. The maximum Gasteiger partial charge on any atom is 0.323 e. The van der Waals surface area contributed by atoms with Crippen LogP contribution < -0.4 is 10.6 Å². The lowest BCUT2D eigenvalue weighted by molar-refractivity contribution is 0.262. The number of aromatic nitrogens is 4. The molecule has 7 nitrogen and oxygen atoms in total. The maximum atomic E-state index is 12.1. The lowest BCUT2D eigenvalue weighted by atomic mass is 9.93. The summed E-state index contributed by atoms with van der Waals surface area (Å²) in [6.07, 6.45) is 8.97. The number of rotatable bonds is 4. The van der Waals surface area contributed by atoms with E-state index in [4.69, 9.17) is 0 Å². The van der Waals surface area contributed by atoms with Crippen LogP contribution in [0.2, 0.25) is 0 Å². The molecule has 2 amide bonds. The van der Waals surface area contributed by atoms with Crippen molar-refractivity contribution >= 4 is 17.4 Å². The average Bonchev–Trinajstić information content (AvgIpc) is 2.94. The van der Waals surface area contributed by atoms with Gasteiger partial charge in [0.15, 0.2) is 0 Å². The first-order valence-corrected chi connectivity index (χ1v) is 7.68. The Labute approximate surface area is 129 Å². The smallest absolute Gasteiger partial charge is 0.305 e. The highest BCUT2D eigenvalue weighted by Gasteiger charge is 2.20. The molecule has 0 aromatic carbocycles. The van der Waals surface area contributed by atoms with Gasteiger partial charge in [0.25, 0.3) is 0 Å². The van der Waals surface area contributed by atoms with Crippen LogP contribution in [0.3, 0.4) is 0 Å². The van der Waals surface area contributed by atoms with Gasteiger partial charge in [0.1, 0.15) is 0 Å². The molecule has 1 fully saturated rings. The summed E-state index contributed by atoms with van der Waals surface area (Å²) in [6, 6.07) is 0.215. The molecule has 0 radical (unpaired) electrons. The van der Waals surface area contributed by atoms with Crippen molar-refractivity contribution in [3.05, 3.63) is 24.3 Å². The third-order valence-corrected chi connectivity index (χ3v) is 3.96. The normalized spacial score (nSPS) is 14.9. The number of aryl methyl sites for hydroxylation is 1. The zero-order valence-electron chi connectivity index (χ0n) is 13.2. The summed E-state index contributed by atoms with van der Waals surface area (Å²) in [5.74, 6) is 0.248. The molecular weight excluding hydrogens is 280 g/mol. The fourth-order valence-electron chi connectivity index (χ4n) is 2.57. The summed E-state index contributed by atoms with van der Waals surface area (Å²) in [5.41, 5.74) is 2.32. The van der Waals surface area contributed by atoms with Gasteiger partial charge in [-0.25, -0.2) is 4.79 Å². The van der Waals surface area contributed by atoms with Crippen molar-refractivity contribution in [2.24, 2.45) is 7.05 Å². The summed E-state index contributed by atoms with van der Waals surface area (Å²) < 4.78 is 3.64. The second-order valence-corrected chi connectivity index (χ2v) is 6.13. The minimum absolute atomic E-state index is 0.248. The first kappa shape index (κ1) is 14.6. The summed E-state index contributed by atoms with van der Waals surface area (Å²) in [5, 5.41) is 14.4. The van der Waals surface area contributed by atoms with Crippen molar-refractivity contribution in [2.75, 3.05) is 10.6 Å². The van der Waals surface area contributed by atoms with Crippen LogP contribution in [0.1, 0.15) is 50.8 Å². The number of anilines is 2. The molecule has 1 aliphatic carbocycles. The number of amides is 2. The fraction of sp³-hybridized carbons (Fsp3) is 0.533. The highest BCUT2D eigenvalue weighted by Crippen LogP contribution is 2.31. The van der Waals surface area contributed by atoms with E-state index in [2.05, 4.69) is 20.8 Å². The number of carbonyl (C=O) groups is 1. The summed E-state index contributed by atoms with van der Waals surface area (Å²) in [6.45, 7) is 4.10. The molecule has 2 aromatic heterocycles. The first-order chi connectivity index (χ1) is 10.5. The number of nitrogens with zero attached hydrogens (tertiary/aromatic N) is 4. The number of carbonyl (C=O) groups excluding carboxylic acids is 1. The van der Waals surface area contributed by atoms with Crippen LogP contribution in [0.15, 0.2) is 18.6 Å². The average molecular weight is 302 g/mol. The van der Waals surface area contributed by atoms with Crippen molar-refractivity contribution in [2.45, 2.75) is 45.1 Å². The van der Waals surface area contributed by atoms with Crippen LogP contribution in [0.4, 0.5) is 16.2 Å². The Kier molecular flexibility index (Phi) is 3.87. The van der Waals surface area contributed by atoms with Gasteiger partial charge in [-0.1, -0.05) is 13.8 Å². The third kappa shape index (κ3) is 2.98. The van der Waals surface area contributed by atoms with Crippen molar-refractivity contribution in [3.8, 4) is 0 Å². The van der Waals surface area contributed by atoms with Gasteiger partial charge in [0.05, 0.1) is 29.3 Å². The SMILES string of the molecule is CC(C)c1nn(C)cc1NC(=O)Nc1cnn(C2CCC2)c1. The molecule has 0 spiro atoms. The summed E-state index contributed by atoms with van der Waals surface area (Å²) in [4.78, 5) is 12.1. The van der Waals surface area contributed by atoms with Gasteiger partial charge in [0.2, 0.25) is 0 Å². The Morgan fingerprint density at radius 1 is 1.32 bits per heavy atom. The molecule has 2 heterocycles. The molecule has 22 heavy (non-hydrogen) atoms. The Bertz CT molecular complexity index is 667. The van der Waals surface area contributed by atoms with Gasteiger partial charge >= 0.3 is 6.03 Å². The highest BCUT2D eigenvalue weighted by atomic mass is 16.2. The number of urea groups is 1. The molecular formula is C15H22N6O. The number of nitrogens with one attached hydrogen (secondary N) is 2. The number of hydrogen-bond donors (Lipinski definition) is 2. The van der Waals surface area contributed by atoms with E-state index in [9.17, 15) is 4.79 Å². The Morgan fingerprint density at radius 3 is 2.73 bits per heavy atom. The molecule has 1 aliphatic rings. The fourth-order valence-corrected chi connectivity index (χ4v) is 2.57. The molecule has 2 aromatic rings. The van der Waals surface area contributed by atoms with Gasteiger partial charge in [-0.3, -0.25) is 9.36 Å². The quantitative estimate of drug-likeness (QED) is 0.911. The molecule has 2 N–H and O–H groups in total. The molecule has 3 rings (SSSR count). The van der Waals surface area contributed by atoms with Crippen LogP contribution in [-0.4, -0.2) is 25.6 Å². The van der Waals surface area contributed by atoms with Crippen LogP contribution in [0.5, 0.6) is 0 Å². The zero-order valence-corrected chi connectivity index (χ0v) is 13.2. The predicted molar refractivity (Wildman–Crippen MR) is 85.1 cm³/mol. The molecule has 0 saturated heterocycles. The minimum Gasteiger partial charge on any atom is -0.305 e. The molecule has 7 heteroatoms. The summed E-state index contributed by atoms with van der Waals surface area (Å²) in [7, 11) is 1.84. The van der Waals surface area contributed by atoms with E-state index < -0.39 is 0 Å². The van der Waals surface area contributed by atoms with Crippen molar-refractivity contribution in [1.82, 2.24) is 19.6 Å². The highest BCUT2D eigenvalue weighted by molar-refractivity contribution is 5.99. The third-order valence-electron chi connectivity index (χ3n) is 3.96. The Morgan fingerprint density at radius 2 is 2.09 bits per heavy atom. The first-order valence-electron chi connectivity index (χ1n) is 7.68. The zero-order chi connectivity index (χ0) is 15.7. The molecule has 0 aliphatic heterocycles. The van der Waals surface area contributed by atoms with Gasteiger partial charge in [-0.2, -0.15) is 10.2 Å².